The summed E-state index contributed by atoms with van der Waals surface area (Å²) in [6.07, 6.45) is 0.690. The van der Waals surface area contributed by atoms with Gasteiger partial charge in [0.15, 0.2) is 0 Å². The normalized spacial score (nSPS) is 25.9. The minimum Gasteiger partial charge on any atom is -0.481 e. The van der Waals surface area contributed by atoms with E-state index in [-0.39, 0.29) is 12.0 Å². The topological polar surface area (TPSA) is 66.3 Å². The molecular formula is C9H13N3O2S. The lowest BCUT2D eigenvalue weighted by molar-refractivity contribution is -0.141. The fraction of sp³-hybridized carbons (Fsp3) is 0.667. The van der Waals surface area contributed by atoms with Crippen molar-refractivity contribution in [2.75, 3.05) is 11.4 Å². The Hall–Kier alpha value is -1.17. The van der Waals surface area contributed by atoms with Gasteiger partial charge in [-0.1, -0.05) is 11.3 Å². The van der Waals surface area contributed by atoms with Crippen LogP contribution in [0.2, 0.25) is 0 Å². The number of carboxylic acids is 1. The van der Waals surface area contributed by atoms with E-state index >= 15 is 0 Å². The quantitative estimate of drug-likeness (QED) is 0.820. The van der Waals surface area contributed by atoms with Crippen molar-refractivity contribution < 1.29 is 9.90 Å². The van der Waals surface area contributed by atoms with E-state index in [2.05, 4.69) is 10.2 Å². The number of anilines is 1. The second-order valence-electron chi connectivity index (χ2n) is 3.77. The Labute approximate surface area is 91.7 Å². The smallest absolute Gasteiger partial charge is 0.308 e. The van der Waals surface area contributed by atoms with Gasteiger partial charge in [-0.15, -0.1) is 10.2 Å². The molecule has 0 spiro atoms. The molecule has 5 nitrogen and oxygen atoms in total. The standard InChI is InChI=1S/C9H13N3O2S/c1-5-7(8(13)14)3-4-12(5)9-11-10-6(2)15-9/h5,7H,3-4H2,1-2H3,(H,13,14). The SMILES string of the molecule is Cc1nnc(N2CCC(C(=O)O)C2C)s1. The van der Waals surface area contributed by atoms with Gasteiger partial charge < -0.3 is 10.0 Å². The zero-order chi connectivity index (χ0) is 11.0. The molecule has 2 rings (SSSR count). The molecule has 6 heteroatoms. The first-order valence-corrected chi connectivity index (χ1v) is 5.71. The van der Waals surface area contributed by atoms with Crippen LogP contribution in [0.5, 0.6) is 0 Å². The molecular weight excluding hydrogens is 214 g/mol. The predicted molar refractivity (Wildman–Crippen MR) is 57.2 cm³/mol. The van der Waals surface area contributed by atoms with Crippen molar-refractivity contribution in [3.63, 3.8) is 0 Å². The fourth-order valence-electron chi connectivity index (χ4n) is 1.94. The van der Waals surface area contributed by atoms with Gasteiger partial charge in [-0.2, -0.15) is 0 Å². The highest BCUT2D eigenvalue weighted by atomic mass is 32.1. The van der Waals surface area contributed by atoms with Crippen LogP contribution >= 0.6 is 11.3 Å². The van der Waals surface area contributed by atoms with E-state index in [0.29, 0.717) is 6.42 Å². The monoisotopic (exact) mass is 227 g/mol. The number of rotatable bonds is 2. The molecule has 2 heterocycles. The Balaban J connectivity index is 2.16. The van der Waals surface area contributed by atoms with Crippen LogP contribution in [-0.4, -0.2) is 33.9 Å². The van der Waals surface area contributed by atoms with Crippen LogP contribution in [0.15, 0.2) is 0 Å². The minimum atomic E-state index is -0.716. The lowest BCUT2D eigenvalue weighted by atomic mass is 10.0. The lowest BCUT2D eigenvalue weighted by Gasteiger charge is -2.21. The maximum Gasteiger partial charge on any atom is 0.308 e. The number of hydrogen-bond acceptors (Lipinski definition) is 5. The lowest BCUT2D eigenvalue weighted by Crippen LogP contribution is -2.32. The van der Waals surface area contributed by atoms with Crippen LogP contribution in [0.4, 0.5) is 5.13 Å². The Morgan fingerprint density at radius 2 is 2.33 bits per heavy atom. The predicted octanol–water partition coefficient (Wildman–Crippen LogP) is 1.15. The average Bonchev–Trinajstić information content (AvgIpc) is 2.71. The Morgan fingerprint density at radius 3 is 2.80 bits per heavy atom. The first-order valence-electron chi connectivity index (χ1n) is 4.89. The molecule has 1 aliphatic rings. The number of aromatic nitrogens is 2. The van der Waals surface area contributed by atoms with Gasteiger partial charge in [-0.25, -0.2) is 0 Å². The summed E-state index contributed by atoms with van der Waals surface area (Å²) in [5.74, 6) is -1.000. The van der Waals surface area contributed by atoms with Crippen LogP contribution in [0.1, 0.15) is 18.4 Å². The molecule has 1 saturated heterocycles. The number of aryl methyl sites for hydroxylation is 1. The highest BCUT2D eigenvalue weighted by molar-refractivity contribution is 7.15. The number of carboxylic acid groups (broad SMARTS) is 1. The van der Waals surface area contributed by atoms with E-state index < -0.39 is 5.97 Å². The van der Waals surface area contributed by atoms with Crippen molar-refractivity contribution in [1.82, 2.24) is 10.2 Å². The third-order valence-electron chi connectivity index (χ3n) is 2.83. The second kappa shape index (κ2) is 3.77. The summed E-state index contributed by atoms with van der Waals surface area (Å²) in [5.41, 5.74) is 0. The second-order valence-corrected chi connectivity index (χ2v) is 4.93. The summed E-state index contributed by atoms with van der Waals surface area (Å²) < 4.78 is 0. The molecule has 0 amide bonds. The highest BCUT2D eigenvalue weighted by Crippen LogP contribution is 2.31. The van der Waals surface area contributed by atoms with Gasteiger partial charge in [0, 0.05) is 12.6 Å². The Bertz CT molecular complexity index is 379. The van der Waals surface area contributed by atoms with Crippen LogP contribution < -0.4 is 4.90 Å². The van der Waals surface area contributed by atoms with E-state index in [4.69, 9.17) is 5.11 Å². The first kappa shape index (κ1) is 10.4. The van der Waals surface area contributed by atoms with Gasteiger partial charge in [-0.05, 0) is 20.3 Å². The van der Waals surface area contributed by atoms with Gasteiger partial charge >= 0.3 is 5.97 Å². The van der Waals surface area contributed by atoms with Crippen molar-refractivity contribution in [2.45, 2.75) is 26.3 Å². The van der Waals surface area contributed by atoms with Crippen molar-refractivity contribution in [1.29, 1.82) is 0 Å². The van der Waals surface area contributed by atoms with Gasteiger partial charge in [0.05, 0.1) is 5.92 Å². The van der Waals surface area contributed by atoms with E-state index in [1.165, 1.54) is 11.3 Å². The average molecular weight is 227 g/mol. The van der Waals surface area contributed by atoms with Gasteiger partial charge in [0.1, 0.15) is 5.01 Å². The molecule has 1 aliphatic heterocycles. The van der Waals surface area contributed by atoms with Gasteiger partial charge in [-0.3, -0.25) is 4.79 Å². The Morgan fingerprint density at radius 1 is 1.60 bits per heavy atom. The molecule has 1 fully saturated rings. The minimum absolute atomic E-state index is 0.00912. The molecule has 2 unspecified atom stereocenters. The van der Waals surface area contributed by atoms with Crippen molar-refractivity contribution >= 4 is 22.4 Å². The van der Waals surface area contributed by atoms with E-state index in [1.807, 2.05) is 18.7 Å². The van der Waals surface area contributed by atoms with Crippen LogP contribution in [-0.2, 0) is 4.79 Å². The molecule has 1 aromatic rings. The van der Waals surface area contributed by atoms with Gasteiger partial charge in [0.2, 0.25) is 5.13 Å². The molecule has 0 aliphatic carbocycles. The molecule has 0 radical (unpaired) electrons. The zero-order valence-electron chi connectivity index (χ0n) is 8.67. The molecule has 2 atom stereocenters. The molecule has 0 bridgehead atoms. The molecule has 1 N–H and O–H groups in total. The fourth-order valence-corrected chi connectivity index (χ4v) is 2.74. The summed E-state index contributed by atoms with van der Waals surface area (Å²) in [6.45, 7) is 4.59. The number of carbonyl (C=O) groups is 1. The molecule has 15 heavy (non-hydrogen) atoms. The summed E-state index contributed by atoms with van der Waals surface area (Å²) in [5, 5.41) is 18.7. The van der Waals surface area contributed by atoms with Crippen molar-refractivity contribution in [2.24, 2.45) is 5.92 Å². The Kier molecular flexibility index (Phi) is 2.60. The molecule has 82 valence electrons. The van der Waals surface area contributed by atoms with Crippen molar-refractivity contribution in [3.8, 4) is 0 Å². The summed E-state index contributed by atoms with van der Waals surface area (Å²) in [4.78, 5) is 13.0. The van der Waals surface area contributed by atoms with Gasteiger partial charge in [0.25, 0.3) is 0 Å². The summed E-state index contributed by atoms with van der Waals surface area (Å²) in [6, 6.07) is 0.00912. The number of nitrogens with zero attached hydrogens (tertiary/aromatic N) is 3. The third-order valence-corrected chi connectivity index (χ3v) is 3.71. The molecule has 0 aromatic carbocycles. The van der Waals surface area contributed by atoms with Crippen molar-refractivity contribution in [3.05, 3.63) is 5.01 Å². The van der Waals surface area contributed by atoms with Crippen LogP contribution in [0.3, 0.4) is 0 Å². The van der Waals surface area contributed by atoms with E-state index in [0.717, 1.165) is 16.7 Å². The zero-order valence-corrected chi connectivity index (χ0v) is 9.49. The summed E-state index contributed by atoms with van der Waals surface area (Å²) in [7, 11) is 0. The third kappa shape index (κ3) is 1.81. The number of aliphatic carboxylic acids is 1. The maximum absolute atomic E-state index is 10.9. The van der Waals surface area contributed by atoms with E-state index in [1.54, 1.807) is 0 Å². The maximum atomic E-state index is 10.9. The molecule has 1 aromatic heterocycles. The summed E-state index contributed by atoms with van der Waals surface area (Å²) >= 11 is 1.51. The highest BCUT2D eigenvalue weighted by Gasteiger charge is 2.36. The van der Waals surface area contributed by atoms with E-state index in [9.17, 15) is 4.79 Å². The number of hydrogen-bond donors (Lipinski definition) is 1. The van der Waals surface area contributed by atoms with Crippen LogP contribution in [0, 0.1) is 12.8 Å². The van der Waals surface area contributed by atoms with Crippen LogP contribution in [0.25, 0.3) is 0 Å². The molecule has 0 saturated carbocycles. The first-order chi connectivity index (χ1) is 7.09. The largest absolute Gasteiger partial charge is 0.481 e.